The van der Waals surface area contributed by atoms with Gasteiger partial charge >= 0.3 is 0 Å². The van der Waals surface area contributed by atoms with Gasteiger partial charge in [-0.1, -0.05) is 5.16 Å². The molecule has 0 aliphatic carbocycles. The molecule has 0 saturated carbocycles. The normalized spacial score (nSPS) is 13.4. The third-order valence-corrected chi connectivity index (χ3v) is 1.66. The van der Waals surface area contributed by atoms with Gasteiger partial charge < -0.3 is 9.63 Å². The van der Waals surface area contributed by atoms with Crippen LogP contribution in [-0.4, -0.2) is 21.5 Å². The Labute approximate surface area is 69.0 Å². The summed E-state index contributed by atoms with van der Waals surface area (Å²) in [5.74, 6) is 1.61. The van der Waals surface area contributed by atoms with E-state index >= 15 is 0 Å². The lowest BCUT2D eigenvalue weighted by Gasteiger charge is -1.91. The minimum atomic E-state index is -0.644. The van der Waals surface area contributed by atoms with Crippen molar-refractivity contribution in [2.45, 2.75) is 18.8 Å². The van der Waals surface area contributed by atoms with E-state index in [1.807, 2.05) is 6.26 Å². The number of aromatic nitrogens is 2. The van der Waals surface area contributed by atoms with Gasteiger partial charge in [0.05, 0.1) is 5.75 Å². The van der Waals surface area contributed by atoms with Gasteiger partial charge in [0.25, 0.3) is 0 Å². The highest BCUT2D eigenvalue weighted by atomic mass is 32.2. The van der Waals surface area contributed by atoms with Crippen LogP contribution in [0.1, 0.15) is 24.7 Å². The van der Waals surface area contributed by atoms with Crippen molar-refractivity contribution in [2.24, 2.45) is 0 Å². The van der Waals surface area contributed by atoms with E-state index in [1.54, 1.807) is 18.7 Å². The highest BCUT2D eigenvalue weighted by Crippen LogP contribution is 2.10. The maximum Gasteiger partial charge on any atom is 0.236 e. The van der Waals surface area contributed by atoms with E-state index in [0.29, 0.717) is 17.5 Å². The number of aliphatic hydroxyl groups excluding tert-OH is 1. The summed E-state index contributed by atoms with van der Waals surface area (Å²) in [6, 6.07) is 0. The summed E-state index contributed by atoms with van der Waals surface area (Å²) >= 11 is 1.60. The summed E-state index contributed by atoms with van der Waals surface area (Å²) in [5.41, 5.74) is 0. The van der Waals surface area contributed by atoms with E-state index in [4.69, 9.17) is 9.63 Å². The first-order chi connectivity index (χ1) is 5.24. The fourth-order valence-electron chi connectivity index (χ4n) is 0.620. The van der Waals surface area contributed by atoms with Crippen molar-refractivity contribution in [2.75, 3.05) is 6.26 Å². The largest absolute Gasteiger partial charge is 0.385 e. The zero-order valence-electron chi connectivity index (χ0n) is 6.44. The fourth-order valence-corrected chi connectivity index (χ4v) is 0.984. The van der Waals surface area contributed by atoms with Crippen LogP contribution in [0.5, 0.6) is 0 Å². The van der Waals surface area contributed by atoms with Crippen LogP contribution in [0.25, 0.3) is 0 Å². The van der Waals surface area contributed by atoms with Crippen LogP contribution in [0.3, 0.4) is 0 Å². The highest BCUT2D eigenvalue weighted by molar-refractivity contribution is 7.97. The molecule has 0 aliphatic rings. The summed E-state index contributed by atoms with van der Waals surface area (Å²) in [7, 11) is 0. The number of hydrogen-bond acceptors (Lipinski definition) is 5. The Balaban J connectivity index is 2.66. The molecule has 11 heavy (non-hydrogen) atoms. The second-order valence-electron chi connectivity index (χ2n) is 2.16. The quantitative estimate of drug-likeness (QED) is 0.740. The Hall–Kier alpha value is -0.550. The number of thioether (sulfide) groups is 1. The molecule has 1 N–H and O–H groups in total. The topological polar surface area (TPSA) is 59.2 Å². The first-order valence-corrected chi connectivity index (χ1v) is 4.63. The van der Waals surface area contributed by atoms with Crippen molar-refractivity contribution in [3.05, 3.63) is 11.7 Å². The Morgan fingerprint density at radius 2 is 2.45 bits per heavy atom. The lowest BCUT2D eigenvalue weighted by atomic mass is 10.4. The van der Waals surface area contributed by atoms with E-state index < -0.39 is 6.10 Å². The summed E-state index contributed by atoms with van der Waals surface area (Å²) in [4.78, 5) is 3.95. The van der Waals surface area contributed by atoms with Crippen LogP contribution in [-0.2, 0) is 5.75 Å². The molecule has 62 valence electrons. The monoisotopic (exact) mass is 174 g/mol. The molecule has 0 radical (unpaired) electrons. The van der Waals surface area contributed by atoms with Gasteiger partial charge in [0.1, 0.15) is 6.10 Å². The van der Waals surface area contributed by atoms with Crippen molar-refractivity contribution in [3.8, 4) is 0 Å². The Morgan fingerprint density at radius 3 is 2.91 bits per heavy atom. The molecule has 1 heterocycles. The third kappa shape index (κ3) is 2.20. The van der Waals surface area contributed by atoms with Crippen LogP contribution in [0.15, 0.2) is 4.52 Å². The number of rotatable bonds is 3. The Kier molecular flexibility index (Phi) is 2.90. The van der Waals surface area contributed by atoms with Crippen LogP contribution < -0.4 is 0 Å². The summed E-state index contributed by atoms with van der Waals surface area (Å²) in [5, 5.41) is 12.6. The summed E-state index contributed by atoms with van der Waals surface area (Å²) in [6.45, 7) is 1.60. The lowest BCUT2D eigenvalue weighted by Crippen LogP contribution is -1.93. The maximum atomic E-state index is 9.01. The first-order valence-electron chi connectivity index (χ1n) is 3.23. The van der Waals surface area contributed by atoms with E-state index in [9.17, 15) is 0 Å². The molecule has 1 atom stereocenters. The highest BCUT2D eigenvalue weighted by Gasteiger charge is 2.09. The molecule has 0 spiro atoms. The SMILES string of the molecule is CSCc1nc(C(C)O)no1. The zero-order valence-corrected chi connectivity index (χ0v) is 7.26. The van der Waals surface area contributed by atoms with Crippen LogP contribution in [0, 0.1) is 0 Å². The summed E-state index contributed by atoms with van der Waals surface area (Å²) < 4.78 is 4.82. The van der Waals surface area contributed by atoms with Crippen molar-refractivity contribution in [1.29, 1.82) is 0 Å². The van der Waals surface area contributed by atoms with E-state index in [0.717, 1.165) is 0 Å². The molecular weight excluding hydrogens is 164 g/mol. The fraction of sp³-hybridized carbons (Fsp3) is 0.667. The Morgan fingerprint density at radius 1 is 1.73 bits per heavy atom. The van der Waals surface area contributed by atoms with Gasteiger partial charge in [0, 0.05) is 0 Å². The van der Waals surface area contributed by atoms with Gasteiger partial charge in [0.15, 0.2) is 5.82 Å². The standard InChI is InChI=1S/C6H10N2O2S/c1-4(9)6-7-5(3-11-2)10-8-6/h4,9H,3H2,1-2H3. The minimum Gasteiger partial charge on any atom is -0.385 e. The minimum absolute atomic E-state index is 0.356. The molecule has 0 bridgehead atoms. The third-order valence-electron chi connectivity index (χ3n) is 1.13. The second-order valence-corrected chi connectivity index (χ2v) is 3.02. The molecule has 0 fully saturated rings. The average molecular weight is 174 g/mol. The van der Waals surface area contributed by atoms with Gasteiger partial charge in [0.2, 0.25) is 5.89 Å². The maximum absolute atomic E-state index is 9.01. The van der Waals surface area contributed by atoms with Crippen LogP contribution in [0.2, 0.25) is 0 Å². The van der Waals surface area contributed by atoms with Crippen molar-refractivity contribution >= 4 is 11.8 Å². The molecule has 1 aromatic rings. The molecule has 1 rings (SSSR count). The van der Waals surface area contributed by atoms with E-state index in [2.05, 4.69) is 10.1 Å². The van der Waals surface area contributed by atoms with Crippen LogP contribution in [0.4, 0.5) is 0 Å². The summed E-state index contributed by atoms with van der Waals surface area (Å²) in [6.07, 6.45) is 1.31. The molecule has 0 amide bonds. The smallest absolute Gasteiger partial charge is 0.236 e. The number of hydrogen-bond donors (Lipinski definition) is 1. The second kappa shape index (κ2) is 3.73. The zero-order chi connectivity index (χ0) is 8.27. The average Bonchev–Trinajstić information content (AvgIpc) is 2.37. The molecule has 0 saturated heterocycles. The van der Waals surface area contributed by atoms with Crippen molar-refractivity contribution < 1.29 is 9.63 Å². The Bertz CT molecular complexity index is 224. The van der Waals surface area contributed by atoms with E-state index in [1.165, 1.54) is 0 Å². The molecular formula is C6H10N2O2S. The molecule has 0 aromatic carbocycles. The van der Waals surface area contributed by atoms with Crippen molar-refractivity contribution in [3.63, 3.8) is 0 Å². The van der Waals surface area contributed by atoms with Gasteiger partial charge in [-0.05, 0) is 13.2 Å². The predicted octanol–water partition coefficient (Wildman–Crippen LogP) is 0.986. The van der Waals surface area contributed by atoms with Gasteiger partial charge in [-0.25, -0.2) is 0 Å². The van der Waals surface area contributed by atoms with E-state index in [-0.39, 0.29) is 0 Å². The lowest BCUT2D eigenvalue weighted by molar-refractivity contribution is 0.184. The predicted molar refractivity (Wildman–Crippen MR) is 42.2 cm³/mol. The van der Waals surface area contributed by atoms with Crippen molar-refractivity contribution in [1.82, 2.24) is 10.1 Å². The molecule has 0 aliphatic heterocycles. The molecule has 1 aromatic heterocycles. The molecule has 5 heteroatoms. The van der Waals surface area contributed by atoms with Gasteiger partial charge in [-0.2, -0.15) is 16.7 Å². The molecule has 4 nitrogen and oxygen atoms in total. The van der Waals surface area contributed by atoms with Gasteiger partial charge in [-0.15, -0.1) is 0 Å². The number of aliphatic hydroxyl groups is 1. The van der Waals surface area contributed by atoms with Gasteiger partial charge in [-0.3, -0.25) is 0 Å². The molecule has 1 unspecified atom stereocenters. The first kappa shape index (κ1) is 8.55. The van der Waals surface area contributed by atoms with Crippen LogP contribution >= 0.6 is 11.8 Å². The number of nitrogens with zero attached hydrogens (tertiary/aromatic N) is 2.